The lowest BCUT2D eigenvalue weighted by Gasteiger charge is -2.14. The standard InChI is InChI=1S/C12H17NO3/c1-13(2)8-7-9-10(12(14)15)5-4-6-11(9)16-3/h4-6H,7-8H2,1-3H3,(H,14,15). The smallest absolute Gasteiger partial charge is 0.336 e. The Labute approximate surface area is 95.5 Å². The Morgan fingerprint density at radius 1 is 1.44 bits per heavy atom. The number of nitrogens with zero attached hydrogens (tertiary/aromatic N) is 1. The van der Waals surface area contributed by atoms with Gasteiger partial charge in [-0.3, -0.25) is 0 Å². The minimum atomic E-state index is -0.910. The van der Waals surface area contributed by atoms with Gasteiger partial charge in [0.05, 0.1) is 12.7 Å². The molecule has 0 aliphatic rings. The van der Waals surface area contributed by atoms with E-state index in [4.69, 9.17) is 9.84 Å². The fraction of sp³-hybridized carbons (Fsp3) is 0.417. The van der Waals surface area contributed by atoms with Crippen molar-refractivity contribution in [1.82, 2.24) is 4.90 Å². The zero-order valence-corrected chi connectivity index (χ0v) is 9.86. The molecule has 0 saturated carbocycles. The van der Waals surface area contributed by atoms with E-state index in [1.807, 2.05) is 19.0 Å². The molecule has 0 atom stereocenters. The van der Waals surface area contributed by atoms with E-state index in [9.17, 15) is 4.79 Å². The molecule has 0 saturated heterocycles. The van der Waals surface area contributed by atoms with Crippen LogP contribution in [0.25, 0.3) is 0 Å². The van der Waals surface area contributed by atoms with Gasteiger partial charge in [-0.15, -0.1) is 0 Å². The van der Waals surface area contributed by atoms with Crippen molar-refractivity contribution in [2.24, 2.45) is 0 Å². The fourth-order valence-corrected chi connectivity index (χ4v) is 1.55. The molecule has 0 heterocycles. The van der Waals surface area contributed by atoms with Crippen molar-refractivity contribution >= 4 is 5.97 Å². The molecule has 4 nitrogen and oxygen atoms in total. The molecule has 88 valence electrons. The Bertz CT molecular complexity index is 375. The van der Waals surface area contributed by atoms with Crippen LogP contribution in [0, 0.1) is 0 Å². The van der Waals surface area contributed by atoms with E-state index >= 15 is 0 Å². The molecule has 1 aromatic carbocycles. The Balaban J connectivity index is 3.04. The van der Waals surface area contributed by atoms with Crippen molar-refractivity contribution in [3.8, 4) is 5.75 Å². The monoisotopic (exact) mass is 223 g/mol. The van der Waals surface area contributed by atoms with Gasteiger partial charge in [-0.05, 0) is 32.6 Å². The highest BCUT2D eigenvalue weighted by Gasteiger charge is 2.14. The number of carboxylic acids is 1. The summed E-state index contributed by atoms with van der Waals surface area (Å²) in [5.41, 5.74) is 1.08. The van der Waals surface area contributed by atoms with Gasteiger partial charge in [0.2, 0.25) is 0 Å². The van der Waals surface area contributed by atoms with Crippen LogP contribution in [0.1, 0.15) is 15.9 Å². The highest BCUT2D eigenvalue weighted by molar-refractivity contribution is 5.90. The van der Waals surface area contributed by atoms with E-state index in [2.05, 4.69) is 0 Å². The van der Waals surface area contributed by atoms with Gasteiger partial charge in [0, 0.05) is 12.1 Å². The largest absolute Gasteiger partial charge is 0.496 e. The number of rotatable bonds is 5. The van der Waals surface area contributed by atoms with E-state index in [0.29, 0.717) is 17.7 Å². The van der Waals surface area contributed by atoms with Crippen LogP contribution in [0.15, 0.2) is 18.2 Å². The molecule has 1 N–H and O–H groups in total. The van der Waals surface area contributed by atoms with Crippen LogP contribution in [-0.4, -0.2) is 43.7 Å². The molecule has 0 amide bonds. The van der Waals surface area contributed by atoms with Crippen molar-refractivity contribution in [2.45, 2.75) is 6.42 Å². The number of ether oxygens (including phenoxy) is 1. The van der Waals surface area contributed by atoms with Crippen LogP contribution in [0.2, 0.25) is 0 Å². The van der Waals surface area contributed by atoms with Gasteiger partial charge in [0.15, 0.2) is 0 Å². The number of benzene rings is 1. The quantitative estimate of drug-likeness (QED) is 0.821. The molecule has 0 radical (unpaired) electrons. The van der Waals surface area contributed by atoms with Crippen molar-refractivity contribution in [3.63, 3.8) is 0 Å². The Morgan fingerprint density at radius 2 is 2.12 bits per heavy atom. The summed E-state index contributed by atoms with van der Waals surface area (Å²) in [4.78, 5) is 13.1. The molecular formula is C12H17NO3. The summed E-state index contributed by atoms with van der Waals surface area (Å²) >= 11 is 0. The first-order valence-corrected chi connectivity index (χ1v) is 5.10. The second kappa shape index (κ2) is 5.51. The van der Waals surface area contributed by atoms with Crippen molar-refractivity contribution < 1.29 is 14.6 Å². The normalized spacial score (nSPS) is 10.5. The van der Waals surface area contributed by atoms with Crippen LogP contribution >= 0.6 is 0 Å². The molecule has 16 heavy (non-hydrogen) atoms. The van der Waals surface area contributed by atoms with Gasteiger partial charge in [-0.25, -0.2) is 4.79 Å². The molecule has 0 aromatic heterocycles. The first-order chi connectivity index (χ1) is 7.56. The first-order valence-electron chi connectivity index (χ1n) is 5.10. The zero-order valence-electron chi connectivity index (χ0n) is 9.86. The van der Waals surface area contributed by atoms with Crippen LogP contribution in [0.3, 0.4) is 0 Å². The Hall–Kier alpha value is -1.55. The third kappa shape index (κ3) is 2.97. The van der Waals surface area contributed by atoms with Crippen molar-refractivity contribution in [1.29, 1.82) is 0 Å². The highest BCUT2D eigenvalue weighted by Crippen LogP contribution is 2.23. The minimum absolute atomic E-state index is 0.321. The average Bonchev–Trinajstić information content (AvgIpc) is 2.25. The summed E-state index contributed by atoms with van der Waals surface area (Å²) in [6.07, 6.45) is 0.665. The summed E-state index contributed by atoms with van der Waals surface area (Å²) in [5.74, 6) is -0.269. The highest BCUT2D eigenvalue weighted by atomic mass is 16.5. The second-order valence-corrected chi connectivity index (χ2v) is 3.84. The van der Waals surface area contributed by atoms with Crippen LogP contribution < -0.4 is 4.74 Å². The minimum Gasteiger partial charge on any atom is -0.496 e. The van der Waals surface area contributed by atoms with Crippen molar-refractivity contribution in [3.05, 3.63) is 29.3 Å². The molecule has 0 aliphatic heterocycles. The molecule has 0 spiro atoms. The van der Waals surface area contributed by atoms with Crippen LogP contribution in [-0.2, 0) is 6.42 Å². The number of methoxy groups -OCH3 is 1. The van der Waals surface area contributed by atoms with E-state index < -0.39 is 5.97 Å². The third-order valence-electron chi connectivity index (χ3n) is 2.39. The van der Waals surface area contributed by atoms with Crippen LogP contribution in [0.5, 0.6) is 5.75 Å². The van der Waals surface area contributed by atoms with Gasteiger partial charge in [-0.2, -0.15) is 0 Å². The van der Waals surface area contributed by atoms with Crippen LogP contribution in [0.4, 0.5) is 0 Å². The van der Waals surface area contributed by atoms with Gasteiger partial charge in [0.25, 0.3) is 0 Å². The lowest BCUT2D eigenvalue weighted by atomic mass is 10.0. The summed E-state index contributed by atoms with van der Waals surface area (Å²) in [6.45, 7) is 0.792. The predicted octanol–water partition coefficient (Wildman–Crippen LogP) is 1.50. The lowest BCUT2D eigenvalue weighted by Crippen LogP contribution is -2.17. The van der Waals surface area contributed by atoms with E-state index in [-0.39, 0.29) is 0 Å². The third-order valence-corrected chi connectivity index (χ3v) is 2.39. The van der Waals surface area contributed by atoms with Gasteiger partial charge < -0.3 is 14.7 Å². The number of likely N-dealkylation sites (N-methyl/N-ethyl adjacent to an activating group) is 1. The Kier molecular flexibility index (Phi) is 4.31. The molecule has 0 unspecified atom stereocenters. The van der Waals surface area contributed by atoms with E-state index in [1.54, 1.807) is 25.3 Å². The van der Waals surface area contributed by atoms with Gasteiger partial charge >= 0.3 is 5.97 Å². The van der Waals surface area contributed by atoms with E-state index in [0.717, 1.165) is 12.1 Å². The molecule has 1 rings (SSSR count). The van der Waals surface area contributed by atoms with E-state index in [1.165, 1.54) is 0 Å². The lowest BCUT2D eigenvalue weighted by molar-refractivity contribution is 0.0695. The molecule has 1 aromatic rings. The van der Waals surface area contributed by atoms with Crippen molar-refractivity contribution in [2.75, 3.05) is 27.7 Å². The maximum absolute atomic E-state index is 11.1. The first kappa shape index (κ1) is 12.5. The molecular weight excluding hydrogens is 206 g/mol. The summed E-state index contributed by atoms with van der Waals surface area (Å²) in [7, 11) is 5.46. The number of hydrogen-bond acceptors (Lipinski definition) is 3. The fourth-order valence-electron chi connectivity index (χ4n) is 1.55. The molecule has 0 aliphatic carbocycles. The summed E-state index contributed by atoms with van der Waals surface area (Å²) in [6, 6.07) is 5.09. The summed E-state index contributed by atoms with van der Waals surface area (Å²) < 4.78 is 5.19. The number of hydrogen-bond donors (Lipinski definition) is 1. The maximum atomic E-state index is 11.1. The Morgan fingerprint density at radius 3 is 2.62 bits per heavy atom. The summed E-state index contributed by atoms with van der Waals surface area (Å²) in [5, 5.41) is 9.08. The second-order valence-electron chi connectivity index (χ2n) is 3.84. The number of carboxylic acid groups (broad SMARTS) is 1. The topological polar surface area (TPSA) is 49.8 Å². The van der Waals surface area contributed by atoms with Gasteiger partial charge in [0.1, 0.15) is 5.75 Å². The maximum Gasteiger partial charge on any atom is 0.336 e. The number of carbonyl (C=O) groups is 1. The predicted molar refractivity (Wildman–Crippen MR) is 62.2 cm³/mol. The number of aromatic carboxylic acids is 1. The molecule has 0 fully saturated rings. The van der Waals surface area contributed by atoms with Gasteiger partial charge in [-0.1, -0.05) is 6.07 Å². The zero-order chi connectivity index (χ0) is 12.1. The molecule has 4 heteroatoms. The average molecular weight is 223 g/mol. The molecule has 0 bridgehead atoms. The SMILES string of the molecule is COc1cccc(C(=O)O)c1CCN(C)C.